The van der Waals surface area contributed by atoms with Gasteiger partial charge in [0.05, 0.1) is 6.61 Å². The van der Waals surface area contributed by atoms with Crippen LogP contribution in [0.4, 0.5) is 11.4 Å². The second-order valence-corrected chi connectivity index (χ2v) is 7.09. The van der Waals surface area contributed by atoms with Gasteiger partial charge in [0, 0.05) is 40.8 Å². The second kappa shape index (κ2) is 10.4. The molecule has 0 unspecified atom stereocenters. The van der Waals surface area contributed by atoms with Crippen molar-refractivity contribution < 1.29 is 14.3 Å². The van der Waals surface area contributed by atoms with E-state index in [0.29, 0.717) is 41.4 Å². The molecule has 0 bridgehead atoms. The van der Waals surface area contributed by atoms with Gasteiger partial charge in [-0.1, -0.05) is 17.7 Å². The molecule has 3 aromatic rings. The van der Waals surface area contributed by atoms with Crippen molar-refractivity contribution in [1.82, 2.24) is 4.98 Å². The highest BCUT2D eigenvalue weighted by atomic mass is 35.5. The summed E-state index contributed by atoms with van der Waals surface area (Å²) < 4.78 is 5.66. The molecule has 154 valence electrons. The molecule has 0 spiro atoms. The van der Waals surface area contributed by atoms with Gasteiger partial charge in [-0.2, -0.15) is 0 Å². The van der Waals surface area contributed by atoms with E-state index in [2.05, 4.69) is 15.6 Å². The Balaban J connectivity index is 1.45. The first-order chi connectivity index (χ1) is 14.5. The highest BCUT2D eigenvalue weighted by Crippen LogP contribution is 2.21. The predicted molar refractivity (Wildman–Crippen MR) is 118 cm³/mol. The Morgan fingerprint density at radius 1 is 1.00 bits per heavy atom. The lowest BCUT2D eigenvalue weighted by Crippen LogP contribution is -2.14. The third-order valence-corrected chi connectivity index (χ3v) is 4.72. The average molecular weight is 424 g/mol. The highest BCUT2D eigenvalue weighted by Gasteiger charge is 2.07. The fourth-order valence-electron chi connectivity index (χ4n) is 2.73. The van der Waals surface area contributed by atoms with Crippen LogP contribution in [0.2, 0.25) is 5.02 Å². The Hall–Kier alpha value is -3.38. The Morgan fingerprint density at radius 3 is 2.47 bits per heavy atom. The van der Waals surface area contributed by atoms with Crippen molar-refractivity contribution in [3.8, 4) is 5.75 Å². The fraction of sp³-hybridized carbons (Fsp3) is 0.174. The number of carbonyl (C=O) groups is 2. The zero-order valence-electron chi connectivity index (χ0n) is 16.5. The lowest BCUT2D eigenvalue weighted by molar-refractivity contribution is -0.116. The van der Waals surface area contributed by atoms with E-state index in [1.807, 2.05) is 13.0 Å². The van der Waals surface area contributed by atoms with Crippen molar-refractivity contribution in [3.05, 3.63) is 83.1 Å². The Bertz CT molecular complexity index is 1030. The monoisotopic (exact) mass is 423 g/mol. The van der Waals surface area contributed by atoms with Crippen LogP contribution in [-0.2, 0) is 4.79 Å². The third kappa shape index (κ3) is 6.32. The number of carbonyl (C=O) groups excluding carboxylic acids is 2. The second-order valence-electron chi connectivity index (χ2n) is 6.68. The van der Waals surface area contributed by atoms with Crippen LogP contribution in [0.1, 0.15) is 28.8 Å². The summed E-state index contributed by atoms with van der Waals surface area (Å²) in [6, 6.07) is 15.7. The van der Waals surface area contributed by atoms with Gasteiger partial charge in [-0.3, -0.25) is 14.6 Å². The Kier molecular flexibility index (Phi) is 7.40. The summed E-state index contributed by atoms with van der Waals surface area (Å²) in [5, 5.41) is 6.34. The first-order valence-electron chi connectivity index (χ1n) is 9.51. The minimum atomic E-state index is -0.240. The number of nitrogens with zero attached hydrogens (tertiary/aromatic N) is 1. The van der Waals surface area contributed by atoms with Gasteiger partial charge in [0.1, 0.15) is 5.75 Å². The zero-order chi connectivity index (χ0) is 21.3. The molecule has 2 aromatic carbocycles. The van der Waals surface area contributed by atoms with Gasteiger partial charge in [0.2, 0.25) is 5.91 Å². The fourth-order valence-corrected chi connectivity index (χ4v) is 2.85. The molecule has 0 aliphatic carbocycles. The molecule has 0 fully saturated rings. The molecule has 1 heterocycles. The molecule has 2 amide bonds. The number of aromatic nitrogens is 1. The van der Waals surface area contributed by atoms with Crippen molar-refractivity contribution >= 4 is 34.8 Å². The molecule has 0 radical (unpaired) electrons. The summed E-state index contributed by atoms with van der Waals surface area (Å²) in [5.74, 6) is 0.369. The molecule has 0 saturated carbocycles. The molecule has 30 heavy (non-hydrogen) atoms. The average Bonchev–Trinajstić information content (AvgIpc) is 2.74. The van der Waals surface area contributed by atoms with Crippen molar-refractivity contribution in [3.63, 3.8) is 0 Å². The smallest absolute Gasteiger partial charge is 0.255 e. The number of amides is 2. The number of rotatable bonds is 8. The highest BCUT2D eigenvalue weighted by molar-refractivity contribution is 6.31. The lowest BCUT2D eigenvalue weighted by Gasteiger charge is -2.10. The van der Waals surface area contributed by atoms with Crippen LogP contribution in [0.25, 0.3) is 0 Å². The first kappa shape index (κ1) is 21.3. The summed E-state index contributed by atoms with van der Waals surface area (Å²) in [4.78, 5) is 28.3. The van der Waals surface area contributed by atoms with Gasteiger partial charge in [0.15, 0.2) is 0 Å². The van der Waals surface area contributed by atoms with E-state index in [1.165, 1.54) is 0 Å². The number of aryl methyl sites for hydroxylation is 1. The summed E-state index contributed by atoms with van der Waals surface area (Å²) in [6.07, 6.45) is 4.01. The standard InChI is InChI=1S/C23H22ClN3O3/c1-16-14-20(7-8-21(16)24)30-13-3-6-22(28)26-18-4-2-5-19(15-18)27-23(29)17-9-11-25-12-10-17/h2,4-5,7-12,14-15H,3,6,13H2,1H3,(H,26,28)(H,27,29). The van der Waals surface area contributed by atoms with Gasteiger partial charge in [-0.15, -0.1) is 0 Å². The number of nitrogens with one attached hydrogen (secondary N) is 2. The minimum absolute atomic E-state index is 0.122. The Labute approximate surface area is 180 Å². The van der Waals surface area contributed by atoms with Crippen molar-refractivity contribution in [1.29, 1.82) is 0 Å². The summed E-state index contributed by atoms with van der Waals surface area (Å²) in [6.45, 7) is 2.34. The number of pyridine rings is 1. The number of hydrogen-bond donors (Lipinski definition) is 2. The van der Waals surface area contributed by atoms with E-state index in [-0.39, 0.29) is 11.8 Å². The van der Waals surface area contributed by atoms with Gasteiger partial charge in [-0.25, -0.2) is 0 Å². The lowest BCUT2D eigenvalue weighted by atomic mass is 10.2. The quantitative estimate of drug-likeness (QED) is 0.494. The molecule has 2 N–H and O–H groups in total. The molecule has 0 aliphatic heterocycles. The number of hydrogen-bond acceptors (Lipinski definition) is 4. The first-order valence-corrected chi connectivity index (χ1v) is 9.89. The number of benzene rings is 2. The van der Waals surface area contributed by atoms with Crippen molar-refractivity contribution in [2.45, 2.75) is 19.8 Å². The summed E-state index contributed by atoms with van der Waals surface area (Å²) in [5.41, 5.74) is 2.66. The number of halogens is 1. The molecule has 1 aromatic heterocycles. The summed E-state index contributed by atoms with van der Waals surface area (Å²) >= 11 is 6.00. The van der Waals surface area contributed by atoms with Crippen LogP contribution < -0.4 is 15.4 Å². The molecule has 6 nitrogen and oxygen atoms in total. The van der Waals surface area contributed by atoms with Crippen LogP contribution in [0.5, 0.6) is 5.75 Å². The van der Waals surface area contributed by atoms with E-state index in [0.717, 1.165) is 11.3 Å². The molecule has 7 heteroatoms. The SMILES string of the molecule is Cc1cc(OCCCC(=O)Nc2cccc(NC(=O)c3ccncc3)c2)ccc1Cl. The number of ether oxygens (including phenoxy) is 1. The molecule has 3 rings (SSSR count). The molecule has 0 atom stereocenters. The maximum Gasteiger partial charge on any atom is 0.255 e. The zero-order valence-corrected chi connectivity index (χ0v) is 17.3. The van der Waals surface area contributed by atoms with Crippen LogP contribution in [-0.4, -0.2) is 23.4 Å². The van der Waals surface area contributed by atoms with E-state index >= 15 is 0 Å². The molecule has 0 saturated heterocycles. The molecular formula is C23H22ClN3O3. The van der Waals surface area contributed by atoms with Crippen LogP contribution >= 0.6 is 11.6 Å². The Morgan fingerprint density at radius 2 is 1.73 bits per heavy atom. The maximum absolute atomic E-state index is 12.2. The van der Waals surface area contributed by atoms with E-state index in [4.69, 9.17) is 16.3 Å². The van der Waals surface area contributed by atoms with Crippen LogP contribution in [0.3, 0.4) is 0 Å². The van der Waals surface area contributed by atoms with Crippen molar-refractivity contribution in [2.75, 3.05) is 17.2 Å². The molecule has 0 aliphatic rings. The van der Waals surface area contributed by atoms with E-state index in [9.17, 15) is 9.59 Å². The number of anilines is 2. The van der Waals surface area contributed by atoms with Crippen LogP contribution in [0.15, 0.2) is 67.0 Å². The van der Waals surface area contributed by atoms with Gasteiger partial charge < -0.3 is 15.4 Å². The third-order valence-electron chi connectivity index (χ3n) is 4.29. The van der Waals surface area contributed by atoms with Gasteiger partial charge in [0.25, 0.3) is 5.91 Å². The largest absolute Gasteiger partial charge is 0.494 e. The van der Waals surface area contributed by atoms with Gasteiger partial charge >= 0.3 is 0 Å². The van der Waals surface area contributed by atoms with E-state index in [1.54, 1.807) is 60.9 Å². The van der Waals surface area contributed by atoms with Gasteiger partial charge in [-0.05, 0) is 67.4 Å². The normalized spacial score (nSPS) is 10.3. The summed E-state index contributed by atoms with van der Waals surface area (Å²) in [7, 11) is 0. The molecular weight excluding hydrogens is 402 g/mol. The maximum atomic E-state index is 12.2. The van der Waals surface area contributed by atoms with Crippen LogP contribution in [0, 0.1) is 6.92 Å². The topological polar surface area (TPSA) is 80.3 Å². The van der Waals surface area contributed by atoms with E-state index < -0.39 is 0 Å². The van der Waals surface area contributed by atoms with Crippen molar-refractivity contribution in [2.24, 2.45) is 0 Å². The minimum Gasteiger partial charge on any atom is -0.494 e. The predicted octanol–water partition coefficient (Wildman–Crippen LogP) is 5.09.